The zero-order valence-corrected chi connectivity index (χ0v) is 20.0. The maximum atomic E-state index is 13.0. The van der Waals surface area contributed by atoms with Crippen molar-refractivity contribution in [1.82, 2.24) is 24.7 Å². The van der Waals surface area contributed by atoms with Gasteiger partial charge in [0.2, 0.25) is 15.9 Å². The molecular formula is C22H26FN5O5S. The number of aryl methyl sites for hydroxylation is 2. The number of fused-ring (bicyclic) bond motifs is 1. The fraction of sp³-hybridized carbons (Fsp3) is 0.318. The number of carbonyl (C=O) groups excluding carboxylic acids is 2. The Morgan fingerprint density at radius 1 is 1.15 bits per heavy atom. The molecule has 1 heterocycles. The van der Waals surface area contributed by atoms with Gasteiger partial charge < -0.3 is 9.30 Å². The summed E-state index contributed by atoms with van der Waals surface area (Å²) in [5.74, 6) is -0.528. The number of ether oxygens (including phenoxy) is 1. The number of hydrogen-bond donors (Lipinski definition) is 2. The average molecular weight is 492 g/mol. The molecule has 0 radical (unpaired) electrons. The summed E-state index contributed by atoms with van der Waals surface area (Å²) in [5.41, 5.74) is 5.84. The number of aromatic nitrogens is 2. The van der Waals surface area contributed by atoms with Gasteiger partial charge in [0.25, 0.3) is 5.91 Å². The van der Waals surface area contributed by atoms with Crippen LogP contribution in [0.5, 0.6) is 5.75 Å². The molecule has 1 aromatic heterocycles. The van der Waals surface area contributed by atoms with Crippen molar-refractivity contribution in [3.05, 3.63) is 54.1 Å². The minimum absolute atomic E-state index is 0.0352. The van der Waals surface area contributed by atoms with E-state index in [0.717, 1.165) is 9.82 Å². The van der Waals surface area contributed by atoms with Crippen LogP contribution in [0.25, 0.3) is 11.0 Å². The summed E-state index contributed by atoms with van der Waals surface area (Å²) in [6, 6.07) is 9.90. The first kappa shape index (κ1) is 25.1. The van der Waals surface area contributed by atoms with E-state index in [4.69, 9.17) is 4.74 Å². The van der Waals surface area contributed by atoms with Crippen LogP contribution < -0.4 is 15.6 Å². The molecule has 1 atom stereocenters. The number of sulfonamides is 1. The monoisotopic (exact) mass is 491 g/mol. The maximum Gasteiger partial charge on any atom is 0.279 e. The molecule has 0 aliphatic carbocycles. The highest BCUT2D eigenvalue weighted by Gasteiger charge is 2.20. The van der Waals surface area contributed by atoms with Crippen molar-refractivity contribution < 1.29 is 27.1 Å². The first-order chi connectivity index (χ1) is 16.0. The Labute approximate surface area is 196 Å². The van der Waals surface area contributed by atoms with Gasteiger partial charge in [-0.1, -0.05) is 0 Å². The summed E-state index contributed by atoms with van der Waals surface area (Å²) in [7, 11) is 1.10. The molecule has 0 fully saturated rings. The van der Waals surface area contributed by atoms with Gasteiger partial charge in [-0.15, -0.1) is 0 Å². The Balaban J connectivity index is 1.55. The van der Waals surface area contributed by atoms with E-state index in [1.165, 1.54) is 57.4 Å². The number of benzene rings is 2. The molecule has 2 N–H and O–H groups in total. The molecule has 0 spiro atoms. The van der Waals surface area contributed by atoms with E-state index in [0.29, 0.717) is 17.1 Å². The molecule has 0 saturated carbocycles. The van der Waals surface area contributed by atoms with Gasteiger partial charge in [-0.3, -0.25) is 20.4 Å². The molecule has 0 aliphatic heterocycles. The number of hydrogen-bond acceptors (Lipinski definition) is 6. The minimum atomic E-state index is -3.59. The normalized spacial score (nSPS) is 12.5. The summed E-state index contributed by atoms with van der Waals surface area (Å²) in [5, 5.41) is 0. The Morgan fingerprint density at radius 3 is 2.47 bits per heavy atom. The van der Waals surface area contributed by atoms with E-state index in [2.05, 4.69) is 15.8 Å². The molecule has 34 heavy (non-hydrogen) atoms. The fourth-order valence-corrected chi connectivity index (χ4v) is 4.04. The summed E-state index contributed by atoms with van der Waals surface area (Å²) >= 11 is 0. The molecule has 0 saturated heterocycles. The number of nitrogens with zero attached hydrogens (tertiary/aromatic N) is 3. The lowest BCUT2D eigenvalue weighted by molar-refractivity contribution is -0.132. The van der Waals surface area contributed by atoms with Gasteiger partial charge in [-0.2, -0.15) is 0 Å². The topological polar surface area (TPSA) is 123 Å². The molecular weight excluding hydrogens is 465 g/mol. The van der Waals surface area contributed by atoms with Crippen molar-refractivity contribution in [1.29, 1.82) is 0 Å². The van der Waals surface area contributed by atoms with Crippen LogP contribution in [0.1, 0.15) is 19.2 Å². The Bertz CT molecular complexity index is 1310. The van der Waals surface area contributed by atoms with Crippen molar-refractivity contribution in [2.75, 3.05) is 14.1 Å². The second kappa shape index (κ2) is 10.2. The Kier molecular flexibility index (Phi) is 7.52. The van der Waals surface area contributed by atoms with Crippen molar-refractivity contribution in [3.8, 4) is 5.75 Å². The summed E-state index contributed by atoms with van der Waals surface area (Å²) < 4.78 is 46.0. The first-order valence-corrected chi connectivity index (χ1v) is 11.8. The molecule has 0 aliphatic rings. The van der Waals surface area contributed by atoms with Crippen LogP contribution in [-0.2, 0) is 33.1 Å². The number of hydrazine groups is 1. The van der Waals surface area contributed by atoms with Crippen LogP contribution >= 0.6 is 0 Å². The van der Waals surface area contributed by atoms with E-state index in [1.807, 2.05) is 0 Å². The van der Waals surface area contributed by atoms with E-state index in [9.17, 15) is 22.4 Å². The molecule has 2 aromatic carbocycles. The summed E-state index contributed by atoms with van der Waals surface area (Å²) in [6.07, 6.45) is -0.615. The third-order valence-electron chi connectivity index (χ3n) is 5.12. The number of halogens is 1. The number of imidazole rings is 1. The van der Waals surface area contributed by atoms with E-state index in [-0.39, 0.29) is 17.7 Å². The standard InChI is InChI=1S/C22H26FN5O5S/c1-14(33-16-7-5-15(23)6-8-16)22(30)26-25-21(29)12-11-20-24-18-13-17(34(31,32)27(2)3)9-10-19(18)28(20)4/h5-10,13-14H,11-12H2,1-4H3,(H,25,29)(H,26,30). The molecule has 0 bridgehead atoms. The van der Waals surface area contributed by atoms with Crippen LogP contribution in [0.3, 0.4) is 0 Å². The minimum Gasteiger partial charge on any atom is -0.481 e. The fourth-order valence-electron chi connectivity index (χ4n) is 3.12. The van der Waals surface area contributed by atoms with Crippen LogP contribution in [0, 0.1) is 5.82 Å². The zero-order valence-electron chi connectivity index (χ0n) is 19.2. The lowest BCUT2D eigenvalue weighted by Gasteiger charge is -2.15. The maximum absolute atomic E-state index is 13.0. The van der Waals surface area contributed by atoms with Crippen LogP contribution in [0.2, 0.25) is 0 Å². The second-order valence-corrected chi connectivity index (χ2v) is 9.93. The molecule has 3 aromatic rings. The lowest BCUT2D eigenvalue weighted by Crippen LogP contribution is -2.47. The largest absolute Gasteiger partial charge is 0.481 e. The van der Waals surface area contributed by atoms with Crippen molar-refractivity contribution in [3.63, 3.8) is 0 Å². The van der Waals surface area contributed by atoms with Crippen LogP contribution in [0.15, 0.2) is 47.4 Å². The average Bonchev–Trinajstić information content (AvgIpc) is 3.12. The smallest absolute Gasteiger partial charge is 0.279 e. The van der Waals surface area contributed by atoms with Gasteiger partial charge in [0.1, 0.15) is 17.4 Å². The highest BCUT2D eigenvalue weighted by atomic mass is 32.2. The number of amides is 2. The van der Waals surface area contributed by atoms with Gasteiger partial charge in [0.05, 0.1) is 15.9 Å². The number of rotatable bonds is 8. The molecule has 2 amide bonds. The first-order valence-electron chi connectivity index (χ1n) is 10.4. The van der Waals surface area contributed by atoms with Gasteiger partial charge in [0.15, 0.2) is 6.10 Å². The van der Waals surface area contributed by atoms with Gasteiger partial charge >= 0.3 is 0 Å². The summed E-state index contributed by atoms with van der Waals surface area (Å²) in [4.78, 5) is 28.9. The lowest BCUT2D eigenvalue weighted by atomic mass is 10.3. The predicted molar refractivity (Wildman–Crippen MR) is 123 cm³/mol. The van der Waals surface area contributed by atoms with Crippen molar-refractivity contribution >= 4 is 32.9 Å². The molecule has 12 heteroatoms. The van der Waals surface area contributed by atoms with Crippen LogP contribution in [-0.4, -0.2) is 54.3 Å². The van der Waals surface area contributed by atoms with Crippen LogP contribution in [0.4, 0.5) is 4.39 Å². The Morgan fingerprint density at radius 2 is 1.82 bits per heavy atom. The van der Waals surface area contributed by atoms with Crippen molar-refractivity contribution in [2.24, 2.45) is 7.05 Å². The van der Waals surface area contributed by atoms with E-state index in [1.54, 1.807) is 17.7 Å². The molecule has 182 valence electrons. The zero-order chi connectivity index (χ0) is 25.0. The molecule has 10 nitrogen and oxygen atoms in total. The summed E-state index contributed by atoms with van der Waals surface area (Å²) in [6.45, 7) is 1.50. The van der Waals surface area contributed by atoms with Crippen molar-refractivity contribution in [2.45, 2.75) is 30.8 Å². The quantitative estimate of drug-likeness (QED) is 0.461. The molecule has 3 rings (SSSR count). The third kappa shape index (κ3) is 5.69. The van der Waals surface area contributed by atoms with Gasteiger partial charge in [-0.05, 0) is 49.4 Å². The predicted octanol–water partition coefficient (Wildman–Crippen LogP) is 1.51. The van der Waals surface area contributed by atoms with E-state index < -0.39 is 33.8 Å². The SMILES string of the molecule is CC(Oc1ccc(F)cc1)C(=O)NNC(=O)CCc1nc2cc(S(=O)(=O)N(C)C)ccc2n1C. The Hall–Kier alpha value is -3.51. The van der Waals surface area contributed by atoms with Gasteiger partial charge in [0, 0.05) is 34.0 Å². The second-order valence-electron chi connectivity index (χ2n) is 7.78. The van der Waals surface area contributed by atoms with Gasteiger partial charge in [-0.25, -0.2) is 22.1 Å². The number of carbonyl (C=O) groups is 2. The highest BCUT2D eigenvalue weighted by Crippen LogP contribution is 2.22. The highest BCUT2D eigenvalue weighted by molar-refractivity contribution is 7.89. The third-order valence-corrected chi connectivity index (χ3v) is 6.93. The number of nitrogens with one attached hydrogen (secondary N) is 2. The van der Waals surface area contributed by atoms with E-state index >= 15 is 0 Å². The molecule has 1 unspecified atom stereocenters.